The molecule has 4 N–H and O–H groups in total. The van der Waals surface area contributed by atoms with E-state index in [1.165, 1.54) is 12.1 Å². The van der Waals surface area contributed by atoms with E-state index in [0.29, 0.717) is 0 Å². The highest BCUT2D eigenvalue weighted by atomic mass is 32.2. The zero-order chi connectivity index (χ0) is 16.5. The summed E-state index contributed by atoms with van der Waals surface area (Å²) in [6.07, 6.45) is -7.98. The Labute approximate surface area is 127 Å². The summed E-state index contributed by atoms with van der Waals surface area (Å²) in [7, 11) is -4.07. The van der Waals surface area contributed by atoms with Crippen molar-refractivity contribution < 1.29 is 37.8 Å². The maximum absolute atomic E-state index is 12.0. The Morgan fingerprint density at radius 3 is 2.23 bits per heavy atom. The van der Waals surface area contributed by atoms with Crippen LogP contribution in [0.3, 0.4) is 0 Å². The van der Waals surface area contributed by atoms with Gasteiger partial charge in [-0.05, 0) is 19.1 Å². The average Bonchev–Trinajstić information content (AvgIpc) is 2.48. The number of aryl methyl sites for hydroxylation is 1. The van der Waals surface area contributed by atoms with Crippen molar-refractivity contribution in [3.63, 3.8) is 0 Å². The monoisotopic (exact) mass is 334 g/mol. The molecule has 0 amide bonds. The first-order valence-corrected chi connectivity index (χ1v) is 7.97. The zero-order valence-electron chi connectivity index (χ0n) is 11.7. The lowest BCUT2D eigenvalue weighted by Gasteiger charge is -2.37. The number of ether oxygens (including phenoxy) is 1. The van der Waals surface area contributed by atoms with Crippen molar-refractivity contribution in [1.82, 2.24) is 0 Å². The minimum Gasteiger partial charge on any atom is -0.387 e. The van der Waals surface area contributed by atoms with E-state index in [1.807, 2.05) is 0 Å². The number of hydrogen-bond acceptors (Lipinski definition) is 8. The summed E-state index contributed by atoms with van der Waals surface area (Å²) in [6.45, 7) is 1.19. The van der Waals surface area contributed by atoms with Crippen LogP contribution >= 0.6 is 0 Å². The van der Waals surface area contributed by atoms with Crippen LogP contribution < -0.4 is 0 Å². The van der Waals surface area contributed by atoms with Gasteiger partial charge in [0, 0.05) is 0 Å². The second-order valence-corrected chi connectivity index (χ2v) is 6.70. The summed E-state index contributed by atoms with van der Waals surface area (Å²) in [5, 5.41) is 37.9. The molecule has 124 valence electrons. The van der Waals surface area contributed by atoms with Crippen molar-refractivity contribution in [3.8, 4) is 0 Å². The van der Waals surface area contributed by atoms with E-state index in [1.54, 1.807) is 19.1 Å². The number of hydrogen-bond donors (Lipinski definition) is 4. The smallest absolute Gasteiger partial charge is 0.297 e. The molecule has 8 nitrogen and oxygen atoms in total. The first kappa shape index (κ1) is 17.3. The van der Waals surface area contributed by atoms with E-state index in [0.717, 1.165) is 5.56 Å². The van der Waals surface area contributed by atoms with Crippen molar-refractivity contribution in [2.75, 3.05) is 6.61 Å². The summed E-state index contributed by atoms with van der Waals surface area (Å²) in [4.78, 5) is -0.0652. The SMILES string of the molecule is Cc1ccc(S(=O)(=O)OC[C@H]2OC(O)[C@@H](O)[C@@H](O)[C@@H]2O)cc1. The fraction of sp³-hybridized carbons (Fsp3) is 0.538. The van der Waals surface area contributed by atoms with Gasteiger partial charge in [0.15, 0.2) is 6.29 Å². The number of aliphatic hydroxyl groups is 4. The molecule has 2 rings (SSSR count). The maximum Gasteiger partial charge on any atom is 0.297 e. The Balaban J connectivity index is 2.04. The van der Waals surface area contributed by atoms with E-state index in [4.69, 9.17) is 8.92 Å². The highest BCUT2D eigenvalue weighted by Crippen LogP contribution is 2.21. The molecule has 1 aliphatic rings. The van der Waals surface area contributed by atoms with Gasteiger partial charge in [-0.25, -0.2) is 0 Å². The Hall–Kier alpha value is -1.07. The summed E-state index contributed by atoms with van der Waals surface area (Å²) in [5.41, 5.74) is 0.880. The molecular formula is C13H18O8S. The van der Waals surface area contributed by atoms with Crippen LogP contribution in [0.15, 0.2) is 29.2 Å². The lowest BCUT2D eigenvalue weighted by Crippen LogP contribution is -2.58. The van der Waals surface area contributed by atoms with Gasteiger partial charge in [-0.15, -0.1) is 0 Å². The highest BCUT2D eigenvalue weighted by Gasteiger charge is 2.43. The molecule has 9 heteroatoms. The molecular weight excluding hydrogens is 316 g/mol. The number of rotatable bonds is 4. The largest absolute Gasteiger partial charge is 0.387 e. The maximum atomic E-state index is 12.0. The minimum absolute atomic E-state index is 0.0652. The van der Waals surface area contributed by atoms with Gasteiger partial charge in [-0.3, -0.25) is 4.18 Å². The molecule has 0 spiro atoms. The number of aliphatic hydroxyl groups excluding tert-OH is 4. The van der Waals surface area contributed by atoms with E-state index in [9.17, 15) is 28.8 Å². The van der Waals surface area contributed by atoms with Crippen molar-refractivity contribution in [2.24, 2.45) is 0 Å². The molecule has 22 heavy (non-hydrogen) atoms. The third-order valence-corrected chi connectivity index (χ3v) is 4.68. The van der Waals surface area contributed by atoms with Crippen LogP contribution in [0.1, 0.15) is 5.56 Å². The quantitative estimate of drug-likeness (QED) is 0.489. The van der Waals surface area contributed by atoms with Crippen LogP contribution in [-0.4, -0.2) is 66.2 Å². The Morgan fingerprint density at radius 1 is 1.05 bits per heavy atom. The molecule has 0 aliphatic carbocycles. The molecule has 0 aromatic heterocycles. The molecule has 5 atom stereocenters. The summed E-state index contributed by atoms with van der Waals surface area (Å²) in [6, 6.07) is 5.95. The summed E-state index contributed by atoms with van der Waals surface area (Å²) >= 11 is 0. The van der Waals surface area contributed by atoms with Crippen molar-refractivity contribution in [1.29, 1.82) is 0 Å². The van der Waals surface area contributed by atoms with Crippen molar-refractivity contribution >= 4 is 10.1 Å². The minimum atomic E-state index is -4.07. The van der Waals surface area contributed by atoms with Gasteiger partial charge >= 0.3 is 0 Å². The van der Waals surface area contributed by atoms with Crippen LogP contribution in [0.4, 0.5) is 0 Å². The molecule has 0 saturated carbocycles. The summed E-state index contributed by atoms with van der Waals surface area (Å²) < 4.78 is 33.6. The van der Waals surface area contributed by atoms with Crippen molar-refractivity contribution in [2.45, 2.75) is 42.5 Å². The molecule has 1 aromatic carbocycles. The first-order valence-electron chi connectivity index (χ1n) is 6.56. The van der Waals surface area contributed by atoms with Crippen LogP contribution in [-0.2, 0) is 19.0 Å². The fourth-order valence-corrected chi connectivity index (χ4v) is 2.92. The predicted octanol–water partition coefficient (Wildman–Crippen LogP) is -1.50. The molecule has 0 radical (unpaired) electrons. The third kappa shape index (κ3) is 3.63. The molecule has 1 aromatic rings. The van der Waals surface area contributed by atoms with Gasteiger partial charge in [-0.1, -0.05) is 17.7 Å². The number of benzene rings is 1. The van der Waals surface area contributed by atoms with Crippen LogP contribution in [0.2, 0.25) is 0 Å². The van der Waals surface area contributed by atoms with Gasteiger partial charge in [-0.2, -0.15) is 8.42 Å². The zero-order valence-corrected chi connectivity index (χ0v) is 12.5. The van der Waals surface area contributed by atoms with Gasteiger partial charge in [0.05, 0.1) is 11.5 Å². The molecule has 1 saturated heterocycles. The normalized spacial score (nSPS) is 32.9. The molecule has 0 bridgehead atoms. The third-order valence-electron chi connectivity index (χ3n) is 3.38. The molecule has 1 fully saturated rings. The van der Waals surface area contributed by atoms with Crippen LogP contribution in [0, 0.1) is 6.92 Å². The van der Waals surface area contributed by atoms with E-state index >= 15 is 0 Å². The topological polar surface area (TPSA) is 134 Å². The predicted molar refractivity (Wildman–Crippen MR) is 73.2 cm³/mol. The lowest BCUT2D eigenvalue weighted by atomic mass is 10.00. The second kappa shape index (κ2) is 6.59. The van der Waals surface area contributed by atoms with Gasteiger partial charge in [0.2, 0.25) is 0 Å². The average molecular weight is 334 g/mol. The first-order chi connectivity index (χ1) is 10.2. The molecule has 1 aliphatic heterocycles. The fourth-order valence-electron chi connectivity index (χ4n) is 2.00. The van der Waals surface area contributed by atoms with E-state index in [-0.39, 0.29) is 4.90 Å². The van der Waals surface area contributed by atoms with E-state index < -0.39 is 47.4 Å². The van der Waals surface area contributed by atoms with Crippen molar-refractivity contribution in [3.05, 3.63) is 29.8 Å². The van der Waals surface area contributed by atoms with Gasteiger partial charge < -0.3 is 25.2 Å². The Bertz CT molecular complexity index is 599. The standard InChI is InChI=1S/C13H18O8S/c1-7-2-4-8(5-3-7)22(18,19)20-6-9-10(14)11(15)12(16)13(17)21-9/h2-5,9-17H,6H2,1H3/t9-,10-,11+,12+,13?/m1/s1. The van der Waals surface area contributed by atoms with Gasteiger partial charge in [0.25, 0.3) is 10.1 Å². The van der Waals surface area contributed by atoms with Crippen LogP contribution in [0.5, 0.6) is 0 Å². The molecule has 1 heterocycles. The Kier molecular flexibility index (Phi) is 5.17. The second-order valence-electron chi connectivity index (χ2n) is 5.09. The van der Waals surface area contributed by atoms with Gasteiger partial charge in [0.1, 0.15) is 24.4 Å². The van der Waals surface area contributed by atoms with Crippen LogP contribution in [0.25, 0.3) is 0 Å². The molecule has 1 unspecified atom stereocenters. The highest BCUT2D eigenvalue weighted by molar-refractivity contribution is 7.86. The Morgan fingerprint density at radius 2 is 1.64 bits per heavy atom. The summed E-state index contributed by atoms with van der Waals surface area (Å²) in [5.74, 6) is 0. The van der Waals surface area contributed by atoms with E-state index in [2.05, 4.69) is 0 Å². The lowest BCUT2D eigenvalue weighted by molar-refractivity contribution is -0.285.